The van der Waals surface area contributed by atoms with Crippen LogP contribution >= 0.6 is 11.6 Å². The van der Waals surface area contributed by atoms with E-state index < -0.39 is 34.3 Å². The fourth-order valence-corrected chi connectivity index (χ4v) is 7.30. The van der Waals surface area contributed by atoms with Crippen LogP contribution in [0.4, 0.5) is 10.1 Å². The number of halogens is 2. The Labute approximate surface area is 275 Å². The quantitative estimate of drug-likeness (QED) is 0.182. The molecule has 1 saturated carbocycles. The van der Waals surface area contributed by atoms with Crippen molar-refractivity contribution in [3.8, 4) is 0 Å². The highest BCUT2D eigenvalue weighted by molar-refractivity contribution is 7.92. The number of sulfonamides is 1. The largest absolute Gasteiger partial charge is 0.352 e. The van der Waals surface area contributed by atoms with Crippen LogP contribution in [-0.2, 0) is 32.6 Å². The molecule has 5 rings (SSSR count). The van der Waals surface area contributed by atoms with Crippen molar-refractivity contribution in [1.29, 1.82) is 0 Å². The summed E-state index contributed by atoms with van der Waals surface area (Å²) in [6.07, 6.45) is 5.06. The minimum atomic E-state index is -4.21. The lowest BCUT2D eigenvalue weighted by atomic mass is 9.94. The molecular weight excluding hydrogens is 625 g/mol. The average molecular weight is 662 g/mol. The summed E-state index contributed by atoms with van der Waals surface area (Å²) in [7, 11) is -4.21. The Bertz CT molecular complexity index is 1700. The molecule has 1 N–H and O–H groups in total. The third-order valence-corrected chi connectivity index (χ3v) is 10.3. The fraction of sp³-hybridized carbons (Fsp3) is 0.278. The maximum absolute atomic E-state index is 14.5. The van der Waals surface area contributed by atoms with Crippen LogP contribution in [0.1, 0.15) is 43.2 Å². The molecule has 4 aromatic rings. The SMILES string of the molecule is O=C(NC1CCCCC1)[C@@H](Cc1ccccc1)N(Cc1ccc(F)cc1)C(=O)CN(c1ccc(Cl)cc1)S(=O)(=O)c1ccccc1. The first-order chi connectivity index (χ1) is 22.2. The first kappa shape index (κ1) is 33.2. The van der Waals surface area contributed by atoms with Gasteiger partial charge in [-0.15, -0.1) is 0 Å². The van der Waals surface area contributed by atoms with Gasteiger partial charge in [0, 0.05) is 24.0 Å². The highest BCUT2D eigenvalue weighted by atomic mass is 35.5. The summed E-state index contributed by atoms with van der Waals surface area (Å²) in [6.45, 7) is -0.614. The lowest BCUT2D eigenvalue weighted by Gasteiger charge is -2.35. The number of hydrogen-bond donors (Lipinski definition) is 1. The van der Waals surface area contributed by atoms with E-state index in [1.54, 1.807) is 42.5 Å². The summed E-state index contributed by atoms with van der Waals surface area (Å²) < 4.78 is 43.0. The molecule has 7 nitrogen and oxygen atoms in total. The number of carbonyl (C=O) groups excluding carboxylic acids is 2. The summed E-state index contributed by atoms with van der Waals surface area (Å²) in [5.74, 6) is -1.32. The van der Waals surface area contributed by atoms with Crippen LogP contribution in [-0.4, -0.2) is 43.8 Å². The van der Waals surface area contributed by atoms with Crippen LogP contribution in [0.3, 0.4) is 0 Å². The summed E-state index contributed by atoms with van der Waals surface area (Å²) in [5, 5.41) is 3.59. The summed E-state index contributed by atoms with van der Waals surface area (Å²) >= 11 is 6.12. The second-order valence-electron chi connectivity index (χ2n) is 11.5. The molecule has 1 fully saturated rings. The van der Waals surface area contributed by atoms with E-state index >= 15 is 0 Å². The minimum Gasteiger partial charge on any atom is -0.352 e. The molecule has 1 atom stereocenters. The Morgan fingerprint density at radius 2 is 1.41 bits per heavy atom. The van der Waals surface area contributed by atoms with Gasteiger partial charge in [0.1, 0.15) is 18.4 Å². The number of anilines is 1. The third-order valence-electron chi connectivity index (χ3n) is 8.21. The van der Waals surface area contributed by atoms with Gasteiger partial charge in [0.25, 0.3) is 10.0 Å². The molecule has 0 aliphatic heterocycles. The highest BCUT2D eigenvalue weighted by Gasteiger charge is 2.35. The number of benzene rings is 4. The lowest BCUT2D eigenvalue weighted by Crippen LogP contribution is -2.55. The van der Waals surface area contributed by atoms with Crippen molar-refractivity contribution in [3.63, 3.8) is 0 Å². The molecule has 0 unspecified atom stereocenters. The van der Waals surface area contributed by atoms with E-state index in [1.807, 2.05) is 30.3 Å². The molecule has 0 aromatic heterocycles. The molecule has 0 heterocycles. The fourth-order valence-electron chi connectivity index (χ4n) is 5.74. The topological polar surface area (TPSA) is 86.8 Å². The molecule has 0 saturated heterocycles. The van der Waals surface area contributed by atoms with E-state index in [9.17, 15) is 22.4 Å². The van der Waals surface area contributed by atoms with Crippen molar-refractivity contribution in [2.24, 2.45) is 0 Å². The van der Waals surface area contributed by atoms with Gasteiger partial charge in [-0.05, 0) is 72.5 Å². The zero-order valence-corrected chi connectivity index (χ0v) is 27.0. The molecule has 10 heteroatoms. The van der Waals surface area contributed by atoms with Crippen LogP contribution < -0.4 is 9.62 Å². The van der Waals surface area contributed by atoms with Crippen LogP contribution in [0.2, 0.25) is 5.02 Å². The molecule has 1 aliphatic rings. The standard InChI is InChI=1S/C36H37ClFN3O4S/c37-29-18-22-32(23-19-29)41(46(44,45)33-14-8-3-9-15-33)26-35(42)40(25-28-16-20-30(38)21-17-28)34(24-27-10-4-1-5-11-27)36(43)39-31-12-6-2-7-13-31/h1,3-5,8-11,14-23,31,34H,2,6-7,12-13,24-26H2,(H,39,43)/t34-/m1/s1. The number of rotatable bonds is 12. The summed E-state index contributed by atoms with van der Waals surface area (Å²) in [5.41, 5.74) is 1.69. The van der Waals surface area contributed by atoms with Crippen molar-refractivity contribution in [1.82, 2.24) is 10.2 Å². The molecule has 1 aliphatic carbocycles. The maximum Gasteiger partial charge on any atom is 0.264 e. The molecule has 0 bridgehead atoms. The van der Waals surface area contributed by atoms with Gasteiger partial charge in [0.2, 0.25) is 11.8 Å². The van der Waals surface area contributed by atoms with E-state index in [0.29, 0.717) is 10.6 Å². The molecular formula is C36H37ClFN3O4S. The number of nitrogens with zero attached hydrogens (tertiary/aromatic N) is 2. The van der Waals surface area contributed by atoms with E-state index in [2.05, 4.69) is 5.32 Å². The van der Waals surface area contributed by atoms with Crippen molar-refractivity contribution >= 4 is 39.1 Å². The maximum atomic E-state index is 14.5. The van der Waals surface area contributed by atoms with Gasteiger partial charge in [-0.25, -0.2) is 12.8 Å². The van der Waals surface area contributed by atoms with Gasteiger partial charge in [0.05, 0.1) is 10.6 Å². The smallest absolute Gasteiger partial charge is 0.264 e. The van der Waals surface area contributed by atoms with E-state index in [1.165, 1.54) is 41.3 Å². The average Bonchev–Trinajstić information content (AvgIpc) is 3.07. The van der Waals surface area contributed by atoms with Crippen molar-refractivity contribution in [3.05, 3.63) is 131 Å². The molecule has 4 aromatic carbocycles. The molecule has 0 radical (unpaired) electrons. The van der Waals surface area contributed by atoms with Gasteiger partial charge >= 0.3 is 0 Å². The second kappa shape index (κ2) is 15.4. The monoisotopic (exact) mass is 661 g/mol. The van der Waals surface area contributed by atoms with Crippen LogP contribution in [0.15, 0.2) is 114 Å². The van der Waals surface area contributed by atoms with E-state index in [4.69, 9.17) is 11.6 Å². The molecule has 46 heavy (non-hydrogen) atoms. The van der Waals surface area contributed by atoms with Crippen molar-refractivity contribution in [2.75, 3.05) is 10.8 Å². The van der Waals surface area contributed by atoms with Crippen LogP contribution in [0.25, 0.3) is 0 Å². The van der Waals surface area contributed by atoms with E-state index in [-0.39, 0.29) is 35.5 Å². The second-order valence-corrected chi connectivity index (χ2v) is 13.8. The molecule has 240 valence electrons. The predicted molar refractivity (Wildman–Crippen MR) is 178 cm³/mol. The molecule has 2 amide bonds. The predicted octanol–water partition coefficient (Wildman–Crippen LogP) is 6.76. The summed E-state index contributed by atoms with van der Waals surface area (Å²) in [6, 6.07) is 28.2. The number of carbonyl (C=O) groups is 2. The van der Waals surface area contributed by atoms with Gasteiger partial charge in [-0.3, -0.25) is 13.9 Å². The first-order valence-electron chi connectivity index (χ1n) is 15.4. The normalized spacial score (nSPS) is 14.3. The van der Waals surface area contributed by atoms with Gasteiger partial charge < -0.3 is 10.2 Å². The highest BCUT2D eigenvalue weighted by Crippen LogP contribution is 2.27. The van der Waals surface area contributed by atoms with Crippen LogP contribution in [0.5, 0.6) is 0 Å². The first-order valence-corrected chi connectivity index (χ1v) is 17.2. The Kier molecular flexibility index (Phi) is 11.1. The van der Waals surface area contributed by atoms with Gasteiger partial charge in [-0.2, -0.15) is 0 Å². The lowest BCUT2D eigenvalue weighted by molar-refractivity contribution is -0.140. The zero-order chi connectivity index (χ0) is 32.5. The Morgan fingerprint density at radius 3 is 2.04 bits per heavy atom. The Hall–Kier alpha value is -4.21. The van der Waals surface area contributed by atoms with Gasteiger partial charge in [-0.1, -0.05) is 91.5 Å². The van der Waals surface area contributed by atoms with E-state index in [0.717, 1.165) is 42.0 Å². The van der Waals surface area contributed by atoms with Gasteiger partial charge in [0.15, 0.2) is 0 Å². The molecule has 0 spiro atoms. The Balaban J connectivity index is 1.55. The number of amides is 2. The Morgan fingerprint density at radius 1 is 0.804 bits per heavy atom. The zero-order valence-electron chi connectivity index (χ0n) is 25.4. The third kappa shape index (κ3) is 8.53. The number of hydrogen-bond acceptors (Lipinski definition) is 4. The van der Waals surface area contributed by atoms with Crippen molar-refractivity contribution in [2.45, 2.75) is 62.0 Å². The minimum absolute atomic E-state index is 0.00804. The number of nitrogens with one attached hydrogen (secondary N) is 1. The summed E-state index contributed by atoms with van der Waals surface area (Å²) in [4.78, 5) is 30.0. The van der Waals surface area contributed by atoms with Crippen molar-refractivity contribution < 1.29 is 22.4 Å². The van der Waals surface area contributed by atoms with Crippen LogP contribution in [0, 0.1) is 5.82 Å².